The summed E-state index contributed by atoms with van der Waals surface area (Å²) >= 11 is 0. The Balaban J connectivity index is 2.02. The van der Waals surface area contributed by atoms with E-state index in [2.05, 4.69) is 13.2 Å². The molecule has 0 unspecified atom stereocenters. The minimum absolute atomic E-state index is 0.191. The molecule has 0 bridgehead atoms. The predicted molar refractivity (Wildman–Crippen MR) is 69.1 cm³/mol. The first kappa shape index (κ1) is 12.9. The van der Waals surface area contributed by atoms with Crippen molar-refractivity contribution in [3.63, 3.8) is 0 Å². The van der Waals surface area contributed by atoms with Gasteiger partial charge in [-0.25, -0.2) is 4.79 Å². The molecule has 0 amide bonds. The van der Waals surface area contributed by atoms with Gasteiger partial charge < -0.3 is 14.9 Å². The van der Waals surface area contributed by atoms with E-state index in [4.69, 9.17) is 4.74 Å². The first-order valence-electron chi connectivity index (χ1n) is 6.80. The van der Waals surface area contributed by atoms with Gasteiger partial charge in [0.1, 0.15) is 6.10 Å². The number of fused-ring (bicyclic) bond motifs is 2. The Labute approximate surface area is 112 Å². The minimum atomic E-state index is -0.745. The van der Waals surface area contributed by atoms with Gasteiger partial charge in [0.2, 0.25) is 0 Å². The summed E-state index contributed by atoms with van der Waals surface area (Å²) in [6, 6.07) is 0. The standard InChI is InChI=1S/C15H20O4/c1-7-4-5-10(16)15(3)6-9-11(13(17)12(7)15)8(2)14(18)19-9/h9-13,16-17H,1-2,4-6H2,3H3/t9-,10-,11-,12+,13-,15+/m0/s1. The molecule has 3 aliphatic rings. The van der Waals surface area contributed by atoms with Crippen LogP contribution in [0.2, 0.25) is 0 Å². The number of aliphatic hydroxyl groups excluding tert-OH is 2. The van der Waals surface area contributed by atoms with Crippen LogP contribution in [-0.2, 0) is 9.53 Å². The van der Waals surface area contributed by atoms with Crippen LogP contribution < -0.4 is 0 Å². The van der Waals surface area contributed by atoms with Gasteiger partial charge in [-0.15, -0.1) is 0 Å². The van der Waals surface area contributed by atoms with Crippen molar-refractivity contribution in [2.75, 3.05) is 0 Å². The van der Waals surface area contributed by atoms with Gasteiger partial charge in [0.05, 0.1) is 18.1 Å². The van der Waals surface area contributed by atoms with E-state index in [0.717, 1.165) is 12.0 Å². The second-order valence-electron chi connectivity index (χ2n) is 6.39. The van der Waals surface area contributed by atoms with Crippen LogP contribution in [0.5, 0.6) is 0 Å². The fourth-order valence-electron chi connectivity index (χ4n) is 4.26. The van der Waals surface area contributed by atoms with Gasteiger partial charge in [-0.1, -0.05) is 25.7 Å². The molecule has 0 aromatic rings. The molecule has 1 saturated heterocycles. The van der Waals surface area contributed by atoms with Crippen molar-refractivity contribution in [1.82, 2.24) is 0 Å². The Morgan fingerprint density at radius 1 is 1.37 bits per heavy atom. The molecular weight excluding hydrogens is 244 g/mol. The molecule has 104 valence electrons. The summed E-state index contributed by atoms with van der Waals surface area (Å²) in [7, 11) is 0. The van der Waals surface area contributed by atoms with E-state index < -0.39 is 23.6 Å². The zero-order valence-electron chi connectivity index (χ0n) is 11.1. The number of hydrogen-bond donors (Lipinski definition) is 2. The number of esters is 1. The zero-order valence-corrected chi connectivity index (χ0v) is 11.1. The lowest BCUT2D eigenvalue weighted by Crippen LogP contribution is -2.57. The van der Waals surface area contributed by atoms with Gasteiger partial charge in [-0.3, -0.25) is 0 Å². The van der Waals surface area contributed by atoms with Crippen LogP contribution in [-0.4, -0.2) is 34.5 Å². The number of carbonyl (C=O) groups excluding carboxylic acids is 1. The maximum absolute atomic E-state index is 11.6. The first-order chi connectivity index (χ1) is 8.86. The summed E-state index contributed by atoms with van der Waals surface area (Å²) in [5.74, 6) is -0.965. The molecule has 2 aliphatic carbocycles. The van der Waals surface area contributed by atoms with Crippen molar-refractivity contribution < 1.29 is 19.7 Å². The number of rotatable bonds is 0. The molecule has 0 radical (unpaired) electrons. The molecule has 4 nitrogen and oxygen atoms in total. The highest BCUT2D eigenvalue weighted by Crippen LogP contribution is 2.56. The highest BCUT2D eigenvalue weighted by atomic mass is 16.6. The molecule has 0 spiro atoms. The van der Waals surface area contributed by atoms with Crippen LogP contribution in [0.25, 0.3) is 0 Å². The summed E-state index contributed by atoms with van der Waals surface area (Å²) in [6.07, 6.45) is 0.333. The zero-order chi connectivity index (χ0) is 13.9. The van der Waals surface area contributed by atoms with Crippen LogP contribution in [0.1, 0.15) is 26.2 Å². The van der Waals surface area contributed by atoms with Crippen LogP contribution in [0.4, 0.5) is 0 Å². The highest BCUT2D eigenvalue weighted by Gasteiger charge is 2.60. The van der Waals surface area contributed by atoms with E-state index in [1.165, 1.54) is 0 Å². The SMILES string of the molecule is C=C1C(=O)O[C@H]2C[C@@]3(C)[C@H](C(=C)CC[C@@H]3O)[C@@H](O)[C@@H]12. The summed E-state index contributed by atoms with van der Waals surface area (Å²) in [6.45, 7) is 9.77. The molecule has 3 rings (SSSR count). The topological polar surface area (TPSA) is 66.8 Å². The smallest absolute Gasteiger partial charge is 0.334 e. The van der Waals surface area contributed by atoms with Crippen molar-refractivity contribution in [1.29, 1.82) is 0 Å². The average Bonchev–Trinajstić information content (AvgIpc) is 2.60. The minimum Gasteiger partial charge on any atom is -0.458 e. The first-order valence-corrected chi connectivity index (χ1v) is 6.80. The third kappa shape index (κ3) is 1.56. The van der Waals surface area contributed by atoms with E-state index in [1.807, 2.05) is 6.92 Å². The van der Waals surface area contributed by atoms with Crippen LogP contribution in [0.15, 0.2) is 24.3 Å². The largest absolute Gasteiger partial charge is 0.458 e. The van der Waals surface area contributed by atoms with E-state index in [-0.39, 0.29) is 17.9 Å². The van der Waals surface area contributed by atoms with Gasteiger partial charge >= 0.3 is 5.97 Å². The second-order valence-corrected chi connectivity index (χ2v) is 6.39. The Kier molecular flexibility index (Phi) is 2.67. The fourth-order valence-corrected chi connectivity index (χ4v) is 4.26. The molecule has 0 aromatic carbocycles. The molecule has 19 heavy (non-hydrogen) atoms. The van der Waals surface area contributed by atoms with E-state index >= 15 is 0 Å². The Morgan fingerprint density at radius 2 is 2.05 bits per heavy atom. The van der Waals surface area contributed by atoms with Crippen LogP contribution >= 0.6 is 0 Å². The third-order valence-corrected chi connectivity index (χ3v) is 5.32. The lowest BCUT2D eigenvalue weighted by Gasteiger charge is -2.54. The summed E-state index contributed by atoms with van der Waals surface area (Å²) in [4.78, 5) is 11.6. The summed E-state index contributed by atoms with van der Waals surface area (Å²) < 4.78 is 5.31. The van der Waals surface area contributed by atoms with E-state index in [9.17, 15) is 15.0 Å². The van der Waals surface area contributed by atoms with Gasteiger partial charge in [-0.05, 0) is 19.3 Å². The molecule has 2 saturated carbocycles. The number of hydrogen-bond acceptors (Lipinski definition) is 4. The van der Waals surface area contributed by atoms with Gasteiger partial charge in [0.25, 0.3) is 0 Å². The average molecular weight is 264 g/mol. The van der Waals surface area contributed by atoms with Gasteiger partial charge in [0, 0.05) is 16.9 Å². The molecule has 0 aromatic heterocycles. The van der Waals surface area contributed by atoms with Crippen molar-refractivity contribution in [3.05, 3.63) is 24.3 Å². The number of carbonyl (C=O) groups is 1. The van der Waals surface area contributed by atoms with Gasteiger partial charge in [0.15, 0.2) is 0 Å². The maximum Gasteiger partial charge on any atom is 0.334 e. The van der Waals surface area contributed by atoms with Gasteiger partial charge in [-0.2, -0.15) is 0 Å². The molecule has 2 N–H and O–H groups in total. The molecule has 3 fully saturated rings. The Morgan fingerprint density at radius 3 is 2.74 bits per heavy atom. The molecule has 1 heterocycles. The van der Waals surface area contributed by atoms with Crippen LogP contribution in [0, 0.1) is 17.3 Å². The predicted octanol–water partition coefficient (Wildman–Crippen LogP) is 1.18. The molecule has 4 heteroatoms. The maximum atomic E-state index is 11.6. The summed E-state index contributed by atoms with van der Waals surface area (Å²) in [5.41, 5.74) is 0.846. The Hall–Kier alpha value is -1.13. The van der Waals surface area contributed by atoms with Crippen molar-refractivity contribution >= 4 is 5.97 Å². The fraction of sp³-hybridized carbons (Fsp3) is 0.667. The van der Waals surface area contributed by atoms with E-state index in [1.54, 1.807) is 0 Å². The summed E-state index contributed by atoms with van der Waals surface area (Å²) in [5, 5.41) is 21.0. The number of ether oxygens (including phenoxy) is 1. The van der Waals surface area contributed by atoms with Crippen molar-refractivity contribution in [2.24, 2.45) is 17.3 Å². The lowest BCUT2D eigenvalue weighted by molar-refractivity contribution is -0.157. The van der Waals surface area contributed by atoms with Crippen molar-refractivity contribution in [2.45, 2.75) is 44.5 Å². The molecule has 1 aliphatic heterocycles. The third-order valence-electron chi connectivity index (χ3n) is 5.32. The highest BCUT2D eigenvalue weighted by molar-refractivity contribution is 5.91. The number of aliphatic hydroxyl groups is 2. The Bertz CT molecular complexity index is 469. The van der Waals surface area contributed by atoms with Crippen LogP contribution in [0.3, 0.4) is 0 Å². The van der Waals surface area contributed by atoms with E-state index in [0.29, 0.717) is 18.4 Å². The second kappa shape index (κ2) is 3.93. The van der Waals surface area contributed by atoms with Crippen molar-refractivity contribution in [3.8, 4) is 0 Å². The quantitative estimate of drug-likeness (QED) is 0.392. The lowest BCUT2D eigenvalue weighted by atomic mass is 9.53. The molecule has 6 atom stereocenters. The normalized spacial score (nSPS) is 49.6. The monoisotopic (exact) mass is 264 g/mol. The molecular formula is C15H20O4.